The first kappa shape index (κ1) is 20.7. The molecule has 0 aromatic heterocycles. The van der Waals surface area contributed by atoms with E-state index in [4.69, 9.17) is 23.7 Å². The van der Waals surface area contributed by atoms with Gasteiger partial charge >= 0.3 is 0 Å². The van der Waals surface area contributed by atoms with Crippen LogP contribution in [-0.4, -0.2) is 40.7 Å². The first-order chi connectivity index (χ1) is 12.9. The Morgan fingerprint density at radius 2 is 1.30 bits per heavy atom. The zero-order chi connectivity index (χ0) is 20.1. The molecule has 0 aliphatic carbocycles. The number of fused-ring (bicyclic) bond motifs is 1. The highest BCUT2D eigenvalue weighted by atomic mass is 16.5. The molecule has 0 bridgehead atoms. The van der Waals surface area contributed by atoms with E-state index in [-0.39, 0.29) is 0 Å². The third-order valence-corrected chi connectivity index (χ3v) is 4.41. The van der Waals surface area contributed by atoms with Crippen LogP contribution < -0.4 is 23.7 Å². The molecule has 6 nitrogen and oxygen atoms in total. The van der Waals surface area contributed by atoms with Crippen LogP contribution in [-0.2, 0) is 0 Å². The van der Waals surface area contributed by atoms with Crippen LogP contribution in [0.4, 0.5) is 0 Å². The first-order valence-corrected chi connectivity index (χ1v) is 8.62. The predicted molar refractivity (Wildman–Crippen MR) is 106 cm³/mol. The number of ether oxygens (including phenoxy) is 5. The van der Waals surface area contributed by atoms with Gasteiger partial charge in [0, 0.05) is 0 Å². The molecule has 1 atom stereocenters. The Labute approximate surface area is 160 Å². The summed E-state index contributed by atoms with van der Waals surface area (Å²) in [5, 5.41) is 12.2. The van der Waals surface area contributed by atoms with Crippen LogP contribution in [0, 0.1) is 0 Å². The highest BCUT2D eigenvalue weighted by Gasteiger charge is 2.30. The van der Waals surface area contributed by atoms with Crippen molar-refractivity contribution in [1.29, 1.82) is 0 Å². The lowest BCUT2D eigenvalue weighted by Crippen LogP contribution is -2.07. The lowest BCUT2D eigenvalue weighted by atomic mass is 9.95. The molecule has 0 saturated heterocycles. The molecule has 2 aromatic rings. The maximum atomic E-state index is 10.9. The fourth-order valence-corrected chi connectivity index (χ4v) is 3.21. The lowest BCUT2D eigenvalue weighted by Gasteiger charge is -2.24. The minimum atomic E-state index is -0.848. The van der Waals surface area contributed by atoms with Crippen LogP contribution in [0.15, 0.2) is 23.8 Å². The van der Waals surface area contributed by atoms with Gasteiger partial charge in [-0.2, -0.15) is 0 Å². The van der Waals surface area contributed by atoms with E-state index in [1.165, 1.54) is 7.11 Å². The zero-order valence-corrected chi connectivity index (χ0v) is 17.0. The van der Waals surface area contributed by atoms with Crippen molar-refractivity contribution in [2.75, 3.05) is 35.5 Å². The maximum absolute atomic E-state index is 10.9. The minimum absolute atomic E-state index is 0.406. The van der Waals surface area contributed by atoms with Gasteiger partial charge in [0.2, 0.25) is 0 Å². The number of hydrogen-bond donors (Lipinski definition) is 1. The summed E-state index contributed by atoms with van der Waals surface area (Å²) < 4.78 is 28.1. The highest BCUT2D eigenvalue weighted by Crippen LogP contribution is 2.54. The molecular formula is C21H28O6. The van der Waals surface area contributed by atoms with Crippen LogP contribution in [0.5, 0.6) is 28.7 Å². The average Bonchev–Trinajstić information content (AvgIpc) is 2.68. The fraction of sp³-hybridized carbons (Fsp3) is 0.429. The van der Waals surface area contributed by atoms with Gasteiger partial charge in [0.1, 0.15) is 17.2 Å². The Hall–Kier alpha value is -2.60. The van der Waals surface area contributed by atoms with Crippen molar-refractivity contribution in [3.8, 4) is 28.7 Å². The molecule has 0 heterocycles. The summed E-state index contributed by atoms with van der Waals surface area (Å²) in [6, 6.07) is 3.59. The molecule has 0 fully saturated rings. The van der Waals surface area contributed by atoms with E-state index in [1.54, 1.807) is 40.6 Å². The van der Waals surface area contributed by atoms with Crippen LogP contribution in [0.25, 0.3) is 10.8 Å². The van der Waals surface area contributed by atoms with Gasteiger partial charge in [-0.3, -0.25) is 0 Å². The normalized spacial score (nSPS) is 11.7. The summed E-state index contributed by atoms with van der Waals surface area (Å²) in [6.45, 7) is 3.96. The number of benzene rings is 2. The van der Waals surface area contributed by atoms with E-state index in [2.05, 4.69) is 0 Å². The highest BCUT2D eigenvalue weighted by molar-refractivity contribution is 6.05. The molecule has 0 radical (unpaired) electrons. The van der Waals surface area contributed by atoms with Crippen molar-refractivity contribution in [2.24, 2.45) is 0 Å². The summed E-state index contributed by atoms with van der Waals surface area (Å²) in [5.74, 6) is 2.50. The van der Waals surface area contributed by atoms with Gasteiger partial charge in [-0.15, -0.1) is 0 Å². The van der Waals surface area contributed by atoms with Crippen molar-refractivity contribution >= 4 is 10.8 Å². The molecule has 1 unspecified atom stereocenters. The van der Waals surface area contributed by atoms with Crippen molar-refractivity contribution < 1.29 is 28.8 Å². The average molecular weight is 376 g/mol. The van der Waals surface area contributed by atoms with Crippen LogP contribution in [0.1, 0.15) is 31.9 Å². The Kier molecular flexibility index (Phi) is 6.80. The lowest BCUT2D eigenvalue weighted by molar-refractivity contribution is 0.171. The maximum Gasteiger partial charge on any atom is 0.173 e. The minimum Gasteiger partial charge on any atom is -0.496 e. The number of aliphatic hydroxyl groups excluding tert-OH is 1. The van der Waals surface area contributed by atoms with E-state index in [0.717, 1.165) is 5.57 Å². The van der Waals surface area contributed by atoms with E-state index < -0.39 is 6.10 Å². The Morgan fingerprint density at radius 1 is 0.815 bits per heavy atom. The molecule has 2 aromatic carbocycles. The Balaban J connectivity index is 2.99. The predicted octanol–water partition coefficient (Wildman–Crippen LogP) is 4.27. The van der Waals surface area contributed by atoms with Gasteiger partial charge in [-0.1, -0.05) is 11.6 Å². The van der Waals surface area contributed by atoms with Gasteiger partial charge < -0.3 is 28.8 Å². The monoisotopic (exact) mass is 376 g/mol. The van der Waals surface area contributed by atoms with Crippen LogP contribution in [0.3, 0.4) is 0 Å². The quantitative estimate of drug-likeness (QED) is 0.694. The third-order valence-electron chi connectivity index (χ3n) is 4.41. The van der Waals surface area contributed by atoms with Crippen molar-refractivity contribution in [2.45, 2.75) is 26.4 Å². The second-order valence-electron chi connectivity index (χ2n) is 6.27. The Morgan fingerprint density at radius 3 is 1.70 bits per heavy atom. The van der Waals surface area contributed by atoms with Crippen molar-refractivity contribution in [3.63, 3.8) is 0 Å². The largest absolute Gasteiger partial charge is 0.496 e. The standard InChI is InChI=1S/C21H28O6/c1-12(2)8-9-13(22)16-19(25-5)17-14(23-3)10-11-15(24-4)18(17)21(27-7)20(16)26-6/h8,10-11,13,22H,9H2,1-7H3. The summed E-state index contributed by atoms with van der Waals surface area (Å²) >= 11 is 0. The van der Waals surface area contributed by atoms with Crippen LogP contribution >= 0.6 is 0 Å². The van der Waals surface area contributed by atoms with E-state index >= 15 is 0 Å². The molecule has 27 heavy (non-hydrogen) atoms. The number of rotatable bonds is 8. The SMILES string of the molecule is COc1c(C(O)CC=C(C)C)c(OC)c2c(OC)ccc(OC)c2c1OC. The van der Waals surface area contributed by atoms with Crippen molar-refractivity contribution in [1.82, 2.24) is 0 Å². The number of aliphatic hydroxyl groups is 1. The van der Waals surface area contributed by atoms with Gasteiger partial charge in [-0.25, -0.2) is 0 Å². The molecule has 148 valence electrons. The van der Waals surface area contributed by atoms with Gasteiger partial charge in [-0.05, 0) is 32.4 Å². The Bertz CT molecular complexity index is 837. The first-order valence-electron chi connectivity index (χ1n) is 8.62. The number of methoxy groups -OCH3 is 5. The number of hydrogen-bond acceptors (Lipinski definition) is 6. The summed E-state index contributed by atoms with van der Waals surface area (Å²) in [4.78, 5) is 0. The third kappa shape index (κ3) is 3.76. The smallest absolute Gasteiger partial charge is 0.173 e. The second kappa shape index (κ2) is 8.86. The molecular weight excluding hydrogens is 348 g/mol. The van der Waals surface area contributed by atoms with Gasteiger partial charge in [0.05, 0.1) is 58.0 Å². The molecule has 2 rings (SSSR count). The fourth-order valence-electron chi connectivity index (χ4n) is 3.21. The molecule has 0 aliphatic heterocycles. The molecule has 0 spiro atoms. The molecule has 1 N–H and O–H groups in total. The molecule has 6 heteroatoms. The van der Waals surface area contributed by atoms with Gasteiger partial charge in [0.25, 0.3) is 0 Å². The summed E-state index contributed by atoms with van der Waals surface area (Å²) in [7, 11) is 7.80. The molecule has 0 amide bonds. The topological polar surface area (TPSA) is 66.4 Å². The van der Waals surface area contributed by atoms with E-state index in [1.807, 2.05) is 19.9 Å². The van der Waals surface area contributed by atoms with E-state index in [9.17, 15) is 5.11 Å². The summed E-state index contributed by atoms with van der Waals surface area (Å²) in [5.41, 5.74) is 1.62. The molecule has 0 aliphatic rings. The summed E-state index contributed by atoms with van der Waals surface area (Å²) in [6.07, 6.45) is 1.53. The van der Waals surface area contributed by atoms with E-state index in [0.29, 0.717) is 51.5 Å². The van der Waals surface area contributed by atoms with Crippen molar-refractivity contribution in [3.05, 3.63) is 29.3 Å². The number of allylic oxidation sites excluding steroid dienone is 1. The van der Waals surface area contributed by atoms with Crippen LogP contribution in [0.2, 0.25) is 0 Å². The molecule has 0 saturated carbocycles. The second-order valence-corrected chi connectivity index (χ2v) is 6.27. The van der Waals surface area contributed by atoms with Gasteiger partial charge in [0.15, 0.2) is 11.5 Å². The zero-order valence-electron chi connectivity index (χ0n) is 17.0.